The van der Waals surface area contributed by atoms with Gasteiger partial charge in [-0.1, -0.05) is 231 Å². The Balaban J connectivity index is 1.05. The first-order valence-electron chi connectivity index (χ1n) is 25.5. The van der Waals surface area contributed by atoms with Crippen molar-refractivity contribution in [3.8, 4) is 61.7 Å². The van der Waals surface area contributed by atoms with Gasteiger partial charge in [0, 0.05) is 50.0 Å². The minimum Gasteiger partial charge on any atom is -0.457 e. The Morgan fingerprint density at radius 1 is 0.324 bits per heavy atom. The summed E-state index contributed by atoms with van der Waals surface area (Å²) in [4.78, 5) is 2.50. The van der Waals surface area contributed by atoms with Crippen molar-refractivity contribution in [1.82, 2.24) is 4.57 Å². The summed E-state index contributed by atoms with van der Waals surface area (Å²) in [7, 11) is 0. The third-order valence-electron chi connectivity index (χ3n) is 15.6. The standard InChI is InChI=1S/C71H46N2O/c1-4-21-47(22-5-1)53-29-10-14-37-64(53)72(51-41-43-56-59-33-18-27-50-28-19-36-62(69(50)59)71(63(56)45-51)60-34-12-16-39-67(60)74-68-40-17-13-35-61(68)71)52-42-44-58-57-30-11-15-38-65(57)73(66(58)46-52)70-54(48-23-6-2-7-24-48)31-20-32-55(70)49-25-8-3-9-26-49/h1-46H. The van der Waals surface area contributed by atoms with Gasteiger partial charge in [0.05, 0.1) is 27.8 Å². The van der Waals surface area contributed by atoms with Gasteiger partial charge in [-0.15, -0.1) is 0 Å². The molecular formula is C71H46N2O. The molecule has 346 valence electrons. The highest BCUT2D eigenvalue weighted by molar-refractivity contribution is 6.12. The van der Waals surface area contributed by atoms with Crippen molar-refractivity contribution in [2.75, 3.05) is 4.90 Å². The smallest absolute Gasteiger partial charge is 0.132 e. The fourth-order valence-corrected chi connectivity index (χ4v) is 12.6. The lowest BCUT2D eigenvalue weighted by Gasteiger charge is -2.45. The molecule has 3 heteroatoms. The van der Waals surface area contributed by atoms with E-state index in [1.165, 1.54) is 54.9 Å². The van der Waals surface area contributed by atoms with Gasteiger partial charge in [0.1, 0.15) is 11.5 Å². The van der Waals surface area contributed by atoms with Gasteiger partial charge in [-0.05, 0) is 98.2 Å². The van der Waals surface area contributed by atoms with Gasteiger partial charge in [0.2, 0.25) is 0 Å². The molecule has 0 radical (unpaired) electrons. The Morgan fingerprint density at radius 3 is 1.53 bits per heavy atom. The van der Waals surface area contributed by atoms with Gasteiger partial charge in [-0.25, -0.2) is 0 Å². The summed E-state index contributed by atoms with van der Waals surface area (Å²) in [6.07, 6.45) is 0. The number of anilines is 3. The topological polar surface area (TPSA) is 17.4 Å². The monoisotopic (exact) mass is 942 g/mol. The first kappa shape index (κ1) is 42.0. The summed E-state index contributed by atoms with van der Waals surface area (Å²) in [6.45, 7) is 0. The Kier molecular flexibility index (Phi) is 9.48. The normalized spacial score (nSPS) is 12.8. The molecule has 1 aromatic heterocycles. The van der Waals surface area contributed by atoms with Crippen LogP contribution in [0.3, 0.4) is 0 Å². The van der Waals surface area contributed by atoms with Crippen LogP contribution in [0.15, 0.2) is 279 Å². The Labute approximate surface area is 430 Å². The molecule has 13 aromatic rings. The number of nitrogens with zero attached hydrogens (tertiary/aromatic N) is 2. The van der Waals surface area contributed by atoms with E-state index >= 15 is 0 Å². The van der Waals surface area contributed by atoms with Crippen LogP contribution in [-0.4, -0.2) is 4.57 Å². The van der Waals surface area contributed by atoms with Gasteiger partial charge in [-0.3, -0.25) is 0 Å². The molecule has 12 aromatic carbocycles. The predicted molar refractivity (Wildman–Crippen MR) is 307 cm³/mol. The second-order valence-corrected chi connectivity index (χ2v) is 19.5. The van der Waals surface area contributed by atoms with E-state index in [1.54, 1.807) is 0 Å². The number of benzene rings is 12. The third kappa shape index (κ3) is 6.20. The lowest BCUT2D eigenvalue weighted by atomic mass is 9.58. The average molecular weight is 943 g/mol. The van der Waals surface area contributed by atoms with Crippen LogP contribution < -0.4 is 9.64 Å². The zero-order chi connectivity index (χ0) is 48.7. The zero-order valence-corrected chi connectivity index (χ0v) is 40.4. The van der Waals surface area contributed by atoms with E-state index in [1.807, 2.05) is 0 Å². The summed E-state index contributed by atoms with van der Waals surface area (Å²) in [5.74, 6) is 1.74. The van der Waals surface area contributed by atoms with Crippen LogP contribution >= 0.6 is 0 Å². The Bertz CT molecular complexity index is 4240. The molecule has 3 nitrogen and oxygen atoms in total. The molecule has 2 aliphatic rings. The van der Waals surface area contributed by atoms with Gasteiger partial charge >= 0.3 is 0 Å². The van der Waals surface area contributed by atoms with E-state index in [0.29, 0.717) is 0 Å². The lowest BCUT2D eigenvalue weighted by molar-refractivity contribution is 0.435. The van der Waals surface area contributed by atoms with Crippen molar-refractivity contribution < 1.29 is 4.74 Å². The SMILES string of the molecule is c1ccc(-c2ccccc2N(c2ccc3c(c2)C2(c4ccccc4Oc4ccccc42)c2cccc4cccc-3c24)c2ccc3c4ccccc4n(-c4c(-c5ccccc5)cccc4-c4ccccc4)c3c2)cc1. The highest BCUT2D eigenvalue weighted by Crippen LogP contribution is 2.62. The Morgan fingerprint density at radius 2 is 0.824 bits per heavy atom. The number of para-hydroxylation sites is 5. The van der Waals surface area contributed by atoms with Gasteiger partial charge in [0.15, 0.2) is 0 Å². The Hall–Kier alpha value is -9.70. The van der Waals surface area contributed by atoms with E-state index in [4.69, 9.17) is 4.74 Å². The molecule has 2 heterocycles. The lowest BCUT2D eigenvalue weighted by Crippen LogP contribution is -2.36. The summed E-state index contributed by atoms with van der Waals surface area (Å²) in [5.41, 5.74) is 20.0. The van der Waals surface area contributed by atoms with Gasteiger partial charge < -0.3 is 14.2 Å². The molecule has 0 saturated heterocycles. The number of hydrogen-bond acceptors (Lipinski definition) is 2. The molecule has 0 N–H and O–H groups in total. The minimum absolute atomic E-state index is 0.708. The molecule has 0 saturated carbocycles. The molecule has 1 aliphatic heterocycles. The van der Waals surface area contributed by atoms with E-state index < -0.39 is 5.41 Å². The first-order valence-corrected chi connectivity index (χ1v) is 25.5. The number of hydrogen-bond donors (Lipinski definition) is 0. The van der Waals surface area contributed by atoms with Crippen molar-refractivity contribution in [3.05, 3.63) is 301 Å². The second-order valence-electron chi connectivity index (χ2n) is 19.5. The molecule has 0 bridgehead atoms. The maximum Gasteiger partial charge on any atom is 0.132 e. The van der Waals surface area contributed by atoms with Gasteiger partial charge in [-0.2, -0.15) is 0 Å². The van der Waals surface area contributed by atoms with E-state index in [0.717, 1.165) is 78.7 Å². The van der Waals surface area contributed by atoms with E-state index in [2.05, 4.69) is 289 Å². The molecule has 1 aliphatic carbocycles. The maximum absolute atomic E-state index is 6.86. The van der Waals surface area contributed by atoms with Crippen LogP contribution in [-0.2, 0) is 5.41 Å². The van der Waals surface area contributed by atoms with Gasteiger partial charge in [0.25, 0.3) is 0 Å². The fraction of sp³-hybridized carbons (Fsp3) is 0.0141. The van der Waals surface area contributed by atoms with Crippen LogP contribution in [0.1, 0.15) is 22.3 Å². The third-order valence-corrected chi connectivity index (χ3v) is 15.6. The number of fused-ring (bicyclic) bond motifs is 11. The maximum atomic E-state index is 6.86. The van der Waals surface area contributed by atoms with E-state index in [-0.39, 0.29) is 0 Å². The summed E-state index contributed by atoms with van der Waals surface area (Å²) >= 11 is 0. The van der Waals surface area contributed by atoms with Crippen LogP contribution in [0, 0.1) is 0 Å². The minimum atomic E-state index is -0.708. The molecule has 0 amide bonds. The molecule has 74 heavy (non-hydrogen) atoms. The van der Waals surface area contributed by atoms with Crippen LogP contribution in [0.4, 0.5) is 17.1 Å². The highest BCUT2D eigenvalue weighted by atomic mass is 16.5. The molecule has 1 spiro atoms. The summed E-state index contributed by atoms with van der Waals surface area (Å²) < 4.78 is 9.38. The van der Waals surface area contributed by atoms with Crippen molar-refractivity contribution in [2.24, 2.45) is 0 Å². The number of ether oxygens (including phenoxy) is 1. The van der Waals surface area contributed by atoms with Crippen molar-refractivity contribution in [2.45, 2.75) is 5.41 Å². The van der Waals surface area contributed by atoms with Crippen molar-refractivity contribution in [3.63, 3.8) is 0 Å². The van der Waals surface area contributed by atoms with Crippen molar-refractivity contribution >= 4 is 49.6 Å². The second kappa shape index (κ2) is 16.7. The fourth-order valence-electron chi connectivity index (χ4n) is 12.6. The first-order chi connectivity index (χ1) is 36.7. The predicted octanol–water partition coefficient (Wildman–Crippen LogP) is 18.9. The quantitative estimate of drug-likeness (QED) is 0.158. The number of aromatic nitrogens is 1. The molecule has 15 rings (SSSR count). The van der Waals surface area contributed by atoms with Crippen LogP contribution in [0.5, 0.6) is 11.5 Å². The average Bonchev–Trinajstić information content (AvgIpc) is 3.82. The molecule has 0 unspecified atom stereocenters. The highest BCUT2D eigenvalue weighted by Gasteiger charge is 2.49. The summed E-state index contributed by atoms with van der Waals surface area (Å²) in [6, 6.07) is 102. The van der Waals surface area contributed by atoms with E-state index in [9.17, 15) is 0 Å². The van der Waals surface area contributed by atoms with Crippen LogP contribution in [0.2, 0.25) is 0 Å². The zero-order valence-electron chi connectivity index (χ0n) is 40.4. The van der Waals surface area contributed by atoms with Crippen LogP contribution in [0.25, 0.3) is 82.8 Å². The molecule has 0 fully saturated rings. The summed E-state index contributed by atoms with van der Waals surface area (Å²) in [5, 5.41) is 4.89. The molecular weight excluding hydrogens is 897 g/mol. The molecule has 0 atom stereocenters. The number of rotatable bonds is 7. The van der Waals surface area contributed by atoms with Crippen molar-refractivity contribution in [1.29, 1.82) is 0 Å². The largest absolute Gasteiger partial charge is 0.457 e.